The minimum absolute atomic E-state index is 0.0532. The number of pyridine rings is 1. The van der Waals surface area contributed by atoms with Crippen LogP contribution in [0.3, 0.4) is 0 Å². The summed E-state index contributed by atoms with van der Waals surface area (Å²) in [6, 6.07) is 4.85. The maximum absolute atomic E-state index is 13.1. The van der Waals surface area contributed by atoms with Gasteiger partial charge in [-0.3, -0.25) is 15.2 Å². The zero-order valence-corrected chi connectivity index (χ0v) is 12.9. The Morgan fingerprint density at radius 2 is 2.09 bits per heavy atom. The highest BCUT2D eigenvalue weighted by atomic mass is 16.2. The van der Waals surface area contributed by atoms with E-state index in [9.17, 15) is 4.79 Å². The van der Waals surface area contributed by atoms with E-state index >= 15 is 0 Å². The first kappa shape index (κ1) is 14.2. The molecule has 0 spiro atoms. The summed E-state index contributed by atoms with van der Waals surface area (Å²) in [5.74, 6) is 0.727. The van der Waals surface area contributed by atoms with E-state index in [1.807, 2.05) is 12.3 Å². The molecule has 2 N–H and O–H groups in total. The average molecular weight is 300 g/mol. The van der Waals surface area contributed by atoms with Crippen molar-refractivity contribution in [3.63, 3.8) is 0 Å². The van der Waals surface area contributed by atoms with Crippen LogP contribution in [0.15, 0.2) is 24.5 Å². The molecule has 1 saturated heterocycles. The number of nitrogens with zero attached hydrogens (tertiary/aromatic N) is 2. The van der Waals surface area contributed by atoms with E-state index in [1.54, 1.807) is 6.20 Å². The lowest BCUT2D eigenvalue weighted by molar-refractivity contribution is -0.135. The van der Waals surface area contributed by atoms with Gasteiger partial charge in [0.25, 0.3) is 0 Å². The van der Waals surface area contributed by atoms with Gasteiger partial charge in [0.2, 0.25) is 5.91 Å². The lowest BCUT2D eigenvalue weighted by Gasteiger charge is -2.30. The van der Waals surface area contributed by atoms with Crippen molar-refractivity contribution in [3.8, 4) is 0 Å². The molecule has 1 aliphatic heterocycles. The number of fused-ring (bicyclic) bond motifs is 1. The van der Waals surface area contributed by atoms with Crippen molar-refractivity contribution in [2.24, 2.45) is 5.92 Å². The third kappa shape index (κ3) is 2.75. The molecule has 5 nitrogen and oxygen atoms in total. The number of aromatic nitrogens is 1. The van der Waals surface area contributed by atoms with Gasteiger partial charge in [0.05, 0.1) is 0 Å². The highest BCUT2D eigenvalue weighted by Crippen LogP contribution is 2.34. The van der Waals surface area contributed by atoms with Gasteiger partial charge in [-0.1, -0.05) is 18.9 Å². The first-order valence-corrected chi connectivity index (χ1v) is 8.53. The van der Waals surface area contributed by atoms with Crippen LogP contribution in [0.5, 0.6) is 0 Å². The first-order valence-electron chi connectivity index (χ1n) is 8.53. The molecule has 0 radical (unpaired) electrons. The number of hydrogen-bond donors (Lipinski definition) is 2. The number of amides is 1. The van der Waals surface area contributed by atoms with Crippen LogP contribution in [-0.2, 0) is 11.3 Å². The Balaban J connectivity index is 1.49. The molecule has 2 aliphatic carbocycles. The Hall–Kier alpha value is -1.46. The molecule has 4 rings (SSSR count). The molecule has 2 heterocycles. The Bertz CT molecular complexity index is 531. The van der Waals surface area contributed by atoms with Gasteiger partial charge in [-0.2, -0.15) is 0 Å². The van der Waals surface area contributed by atoms with E-state index < -0.39 is 0 Å². The van der Waals surface area contributed by atoms with E-state index in [0.717, 1.165) is 24.8 Å². The maximum atomic E-state index is 13.1. The number of rotatable bonds is 4. The molecular weight excluding hydrogens is 276 g/mol. The van der Waals surface area contributed by atoms with Crippen LogP contribution in [0.25, 0.3) is 0 Å². The van der Waals surface area contributed by atoms with E-state index in [1.165, 1.54) is 19.3 Å². The normalized spacial score (nSPS) is 30.8. The summed E-state index contributed by atoms with van der Waals surface area (Å²) in [5, 5.41) is 0. The Labute approximate surface area is 131 Å². The average Bonchev–Trinajstić information content (AvgIpc) is 3.31. The van der Waals surface area contributed by atoms with Crippen molar-refractivity contribution in [2.75, 3.05) is 0 Å². The van der Waals surface area contributed by atoms with Crippen molar-refractivity contribution in [2.45, 2.75) is 63.2 Å². The largest absolute Gasteiger partial charge is 0.334 e. The first-order chi connectivity index (χ1) is 10.8. The number of hydrazine groups is 1. The summed E-state index contributed by atoms with van der Waals surface area (Å²) >= 11 is 0. The zero-order valence-electron chi connectivity index (χ0n) is 12.9. The molecule has 1 aromatic rings. The van der Waals surface area contributed by atoms with Crippen LogP contribution in [0.4, 0.5) is 0 Å². The second kappa shape index (κ2) is 5.97. The molecule has 22 heavy (non-hydrogen) atoms. The summed E-state index contributed by atoms with van der Waals surface area (Å²) in [7, 11) is 0. The van der Waals surface area contributed by atoms with Gasteiger partial charge in [0.1, 0.15) is 6.04 Å². The number of carbonyl (C=O) groups is 1. The zero-order chi connectivity index (χ0) is 14.9. The highest BCUT2D eigenvalue weighted by molar-refractivity contribution is 5.83. The summed E-state index contributed by atoms with van der Waals surface area (Å²) in [4.78, 5) is 19.3. The van der Waals surface area contributed by atoms with Crippen molar-refractivity contribution in [1.29, 1.82) is 0 Å². The minimum Gasteiger partial charge on any atom is -0.334 e. The highest BCUT2D eigenvalue weighted by Gasteiger charge is 2.45. The molecule has 0 aromatic carbocycles. The fourth-order valence-corrected chi connectivity index (χ4v) is 3.93. The van der Waals surface area contributed by atoms with Crippen LogP contribution in [-0.4, -0.2) is 33.9 Å². The topological polar surface area (TPSA) is 57.3 Å². The lowest BCUT2D eigenvalue weighted by Crippen LogP contribution is -2.48. The van der Waals surface area contributed by atoms with Gasteiger partial charge in [0.15, 0.2) is 0 Å². The van der Waals surface area contributed by atoms with Crippen LogP contribution in [0.2, 0.25) is 0 Å². The van der Waals surface area contributed by atoms with E-state index in [-0.39, 0.29) is 11.9 Å². The molecule has 2 saturated carbocycles. The molecule has 5 heteroatoms. The van der Waals surface area contributed by atoms with Gasteiger partial charge < -0.3 is 4.90 Å². The molecule has 118 valence electrons. The molecule has 3 fully saturated rings. The number of nitrogens with one attached hydrogen (secondary N) is 2. The van der Waals surface area contributed by atoms with Crippen LogP contribution in [0, 0.1) is 5.92 Å². The van der Waals surface area contributed by atoms with E-state index in [0.29, 0.717) is 24.5 Å². The standard InChI is InChI=1S/C17H24N4O/c22-17(16-14-5-1-2-6-15(14)19-20-16)21(13-7-8-13)11-12-4-3-9-18-10-12/h3-4,9-10,13-16,19-20H,1-2,5-8,11H2. The predicted molar refractivity (Wildman–Crippen MR) is 83.6 cm³/mol. The fourth-order valence-electron chi connectivity index (χ4n) is 3.93. The number of hydrogen-bond acceptors (Lipinski definition) is 4. The van der Waals surface area contributed by atoms with Crippen LogP contribution in [0.1, 0.15) is 44.1 Å². The van der Waals surface area contributed by atoms with Gasteiger partial charge >= 0.3 is 0 Å². The Kier molecular flexibility index (Phi) is 3.84. The lowest BCUT2D eigenvalue weighted by atomic mass is 9.81. The van der Waals surface area contributed by atoms with Crippen LogP contribution < -0.4 is 10.9 Å². The van der Waals surface area contributed by atoms with Crippen molar-refractivity contribution < 1.29 is 4.79 Å². The molecule has 3 aliphatic rings. The number of carbonyl (C=O) groups excluding carboxylic acids is 1. The molecular formula is C17H24N4O. The minimum atomic E-state index is -0.0532. The third-order valence-electron chi connectivity index (χ3n) is 5.28. The summed E-state index contributed by atoms with van der Waals surface area (Å²) in [5.41, 5.74) is 7.77. The van der Waals surface area contributed by atoms with E-state index in [2.05, 4.69) is 26.8 Å². The summed E-state index contributed by atoms with van der Waals surface area (Å²) in [6.07, 6.45) is 10.8. The second-order valence-electron chi connectivity index (χ2n) is 6.88. The van der Waals surface area contributed by atoms with Gasteiger partial charge in [0, 0.05) is 36.9 Å². The van der Waals surface area contributed by atoms with Crippen molar-refractivity contribution in [1.82, 2.24) is 20.7 Å². The van der Waals surface area contributed by atoms with Crippen LogP contribution >= 0.6 is 0 Å². The molecule has 3 unspecified atom stereocenters. The Morgan fingerprint density at radius 3 is 2.86 bits per heavy atom. The molecule has 3 atom stereocenters. The quantitative estimate of drug-likeness (QED) is 0.887. The summed E-state index contributed by atoms with van der Waals surface area (Å²) in [6.45, 7) is 0.687. The van der Waals surface area contributed by atoms with Gasteiger partial charge in [-0.25, -0.2) is 5.43 Å². The Morgan fingerprint density at radius 1 is 1.23 bits per heavy atom. The van der Waals surface area contributed by atoms with Gasteiger partial charge in [-0.05, 0) is 37.3 Å². The van der Waals surface area contributed by atoms with E-state index in [4.69, 9.17) is 0 Å². The van der Waals surface area contributed by atoms with Crippen molar-refractivity contribution in [3.05, 3.63) is 30.1 Å². The fraction of sp³-hybridized carbons (Fsp3) is 0.647. The molecule has 1 amide bonds. The monoisotopic (exact) mass is 300 g/mol. The SMILES string of the molecule is O=C(C1NNC2CCCCC21)N(Cc1cccnc1)C1CC1. The third-order valence-corrected chi connectivity index (χ3v) is 5.28. The molecule has 1 aromatic heterocycles. The maximum Gasteiger partial charge on any atom is 0.241 e. The second-order valence-corrected chi connectivity index (χ2v) is 6.88. The smallest absolute Gasteiger partial charge is 0.241 e. The predicted octanol–water partition coefficient (Wildman–Crippen LogP) is 1.61. The van der Waals surface area contributed by atoms with Gasteiger partial charge in [-0.15, -0.1) is 0 Å². The van der Waals surface area contributed by atoms with Crippen molar-refractivity contribution >= 4 is 5.91 Å². The molecule has 0 bridgehead atoms. The summed E-state index contributed by atoms with van der Waals surface area (Å²) < 4.78 is 0.